The van der Waals surface area contributed by atoms with Gasteiger partial charge in [-0.2, -0.15) is 11.8 Å². The number of fused-ring (bicyclic) bond motifs is 2. The molecule has 0 aromatic rings. The van der Waals surface area contributed by atoms with E-state index in [1.807, 2.05) is 11.8 Å². The van der Waals surface area contributed by atoms with Crippen molar-refractivity contribution >= 4 is 27.7 Å². The van der Waals surface area contributed by atoms with E-state index in [2.05, 4.69) is 51.5 Å². The molecule has 3 aliphatic rings. The van der Waals surface area contributed by atoms with Gasteiger partial charge in [0.2, 0.25) is 0 Å². The average Bonchev–Trinajstić information content (AvgIpc) is 2.42. The van der Waals surface area contributed by atoms with E-state index in [-0.39, 0.29) is 5.66 Å². The van der Waals surface area contributed by atoms with Gasteiger partial charge in [-0.1, -0.05) is 0 Å². The molecule has 0 amide bonds. The Bertz CT molecular complexity index is 380. The number of nitrogens with zero attached hydrogens (tertiary/aromatic N) is 1. The van der Waals surface area contributed by atoms with Gasteiger partial charge in [0.25, 0.3) is 0 Å². The SMILES string of the molecule is CC1=CC(Br)=CN2C1=CNC21CSC1. The van der Waals surface area contributed by atoms with Crippen LogP contribution in [-0.4, -0.2) is 22.1 Å². The second-order valence-electron chi connectivity index (χ2n) is 3.91. The molecule has 0 bridgehead atoms. The summed E-state index contributed by atoms with van der Waals surface area (Å²) in [5.74, 6) is 2.33. The van der Waals surface area contributed by atoms with Crippen molar-refractivity contribution in [3.8, 4) is 0 Å². The van der Waals surface area contributed by atoms with Crippen molar-refractivity contribution in [2.24, 2.45) is 0 Å². The normalized spacial score (nSPS) is 27.3. The number of hydrogen-bond acceptors (Lipinski definition) is 3. The molecule has 1 N–H and O–H groups in total. The van der Waals surface area contributed by atoms with Gasteiger partial charge in [-0.25, -0.2) is 0 Å². The Morgan fingerprint density at radius 1 is 1.57 bits per heavy atom. The molecule has 3 heterocycles. The van der Waals surface area contributed by atoms with Gasteiger partial charge in [-0.05, 0) is 34.5 Å². The second kappa shape index (κ2) is 2.83. The third-order valence-electron chi connectivity index (χ3n) is 2.89. The topological polar surface area (TPSA) is 15.3 Å². The second-order valence-corrected chi connectivity index (χ2v) is 5.81. The van der Waals surface area contributed by atoms with E-state index in [1.54, 1.807) is 0 Å². The van der Waals surface area contributed by atoms with Gasteiger partial charge in [0.15, 0.2) is 0 Å². The predicted octanol–water partition coefficient (Wildman–Crippen LogP) is 2.37. The molecule has 0 aliphatic carbocycles. The molecular formula is C10H11BrN2S. The highest BCUT2D eigenvalue weighted by Crippen LogP contribution is 2.43. The molecule has 0 saturated carbocycles. The number of hydrogen-bond donors (Lipinski definition) is 1. The number of rotatable bonds is 0. The highest BCUT2D eigenvalue weighted by atomic mass is 79.9. The van der Waals surface area contributed by atoms with Crippen LogP contribution in [-0.2, 0) is 0 Å². The smallest absolute Gasteiger partial charge is 0.132 e. The number of thioether (sulfide) groups is 1. The lowest BCUT2D eigenvalue weighted by Crippen LogP contribution is -2.60. The Morgan fingerprint density at radius 2 is 2.36 bits per heavy atom. The molecule has 3 aliphatic heterocycles. The largest absolute Gasteiger partial charge is 0.365 e. The van der Waals surface area contributed by atoms with Gasteiger partial charge in [0.1, 0.15) is 5.66 Å². The minimum absolute atomic E-state index is 0.175. The lowest BCUT2D eigenvalue weighted by atomic mass is 10.1. The highest BCUT2D eigenvalue weighted by molar-refractivity contribution is 9.11. The molecule has 74 valence electrons. The highest BCUT2D eigenvalue weighted by Gasteiger charge is 2.47. The Labute approximate surface area is 96.2 Å². The fourth-order valence-electron chi connectivity index (χ4n) is 2.03. The van der Waals surface area contributed by atoms with E-state index >= 15 is 0 Å². The van der Waals surface area contributed by atoms with Crippen LogP contribution in [0.5, 0.6) is 0 Å². The monoisotopic (exact) mass is 270 g/mol. The Balaban J connectivity index is 2.02. The van der Waals surface area contributed by atoms with E-state index in [9.17, 15) is 0 Å². The van der Waals surface area contributed by atoms with Gasteiger partial charge in [0, 0.05) is 28.4 Å². The maximum atomic E-state index is 3.55. The lowest BCUT2D eigenvalue weighted by Gasteiger charge is -2.46. The zero-order valence-corrected chi connectivity index (χ0v) is 10.3. The van der Waals surface area contributed by atoms with E-state index in [0.717, 1.165) is 16.0 Å². The molecule has 1 saturated heterocycles. The van der Waals surface area contributed by atoms with E-state index < -0.39 is 0 Å². The zero-order valence-electron chi connectivity index (χ0n) is 7.88. The first-order valence-corrected chi connectivity index (χ1v) is 6.57. The summed E-state index contributed by atoms with van der Waals surface area (Å²) >= 11 is 5.54. The van der Waals surface area contributed by atoms with Crippen LogP contribution in [0.1, 0.15) is 6.92 Å². The van der Waals surface area contributed by atoms with Crippen molar-refractivity contribution in [3.05, 3.63) is 34.2 Å². The molecule has 0 aromatic heterocycles. The standard InChI is InChI=1S/C10H11BrN2S/c1-7-2-8(11)4-13-9(7)3-12-10(13)5-14-6-10/h2-4,12H,5-6H2,1H3. The fraction of sp³-hybridized carbons (Fsp3) is 0.400. The first-order valence-electron chi connectivity index (χ1n) is 4.62. The molecule has 0 atom stereocenters. The number of nitrogens with one attached hydrogen (secondary N) is 1. The average molecular weight is 271 g/mol. The summed E-state index contributed by atoms with van der Waals surface area (Å²) in [6.07, 6.45) is 6.48. The maximum Gasteiger partial charge on any atom is 0.132 e. The van der Waals surface area contributed by atoms with Crippen molar-refractivity contribution in [3.63, 3.8) is 0 Å². The molecule has 0 aromatic carbocycles. The summed E-state index contributed by atoms with van der Waals surface area (Å²) in [7, 11) is 0. The summed E-state index contributed by atoms with van der Waals surface area (Å²) in [4.78, 5) is 2.36. The van der Waals surface area contributed by atoms with Crippen molar-refractivity contribution < 1.29 is 0 Å². The molecule has 3 rings (SSSR count). The van der Waals surface area contributed by atoms with Gasteiger partial charge in [-0.3, -0.25) is 0 Å². The fourth-order valence-corrected chi connectivity index (χ4v) is 3.61. The Hall–Kier alpha value is -0.350. The Kier molecular flexibility index (Phi) is 1.80. The summed E-state index contributed by atoms with van der Waals surface area (Å²) in [6, 6.07) is 0. The maximum absolute atomic E-state index is 3.55. The van der Waals surface area contributed by atoms with Crippen LogP contribution in [0, 0.1) is 0 Å². The van der Waals surface area contributed by atoms with Gasteiger partial charge in [0.05, 0.1) is 5.70 Å². The summed E-state index contributed by atoms with van der Waals surface area (Å²) in [5, 5.41) is 3.50. The van der Waals surface area contributed by atoms with Crippen molar-refractivity contribution in [2.45, 2.75) is 12.6 Å². The molecule has 0 unspecified atom stereocenters. The van der Waals surface area contributed by atoms with Crippen LogP contribution in [0.25, 0.3) is 0 Å². The van der Waals surface area contributed by atoms with Crippen LogP contribution in [0.3, 0.4) is 0 Å². The molecule has 2 nitrogen and oxygen atoms in total. The van der Waals surface area contributed by atoms with Crippen LogP contribution < -0.4 is 5.32 Å². The minimum atomic E-state index is 0.175. The first kappa shape index (κ1) is 8.92. The molecule has 14 heavy (non-hydrogen) atoms. The van der Waals surface area contributed by atoms with Crippen LogP contribution >= 0.6 is 27.7 Å². The molecule has 0 radical (unpaired) electrons. The van der Waals surface area contributed by atoms with Crippen molar-refractivity contribution in [1.29, 1.82) is 0 Å². The summed E-state index contributed by atoms with van der Waals surface area (Å²) in [5.41, 5.74) is 2.81. The summed E-state index contributed by atoms with van der Waals surface area (Å²) < 4.78 is 1.16. The van der Waals surface area contributed by atoms with Gasteiger partial charge >= 0.3 is 0 Å². The van der Waals surface area contributed by atoms with E-state index in [0.29, 0.717) is 0 Å². The zero-order chi connectivity index (χ0) is 9.76. The van der Waals surface area contributed by atoms with Gasteiger partial charge in [-0.15, -0.1) is 0 Å². The van der Waals surface area contributed by atoms with Crippen LogP contribution in [0.4, 0.5) is 0 Å². The number of allylic oxidation sites excluding steroid dienone is 3. The van der Waals surface area contributed by atoms with E-state index in [4.69, 9.17) is 0 Å². The van der Waals surface area contributed by atoms with Gasteiger partial charge < -0.3 is 10.2 Å². The summed E-state index contributed by atoms with van der Waals surface area (Å²) in [6.45, 7) is 2.15. The predicted molar refractivity (Wildman–Crippen MR) is 63.9 cm³/mol. The van der Waals surface area contributed by atoms with Crippen molar-refractivity contribution in [1.82, 2.24) is 10.2 Å². The van der Waals surface area contributed by atoms with Crippen LogP contribution in [0.2, 0.25) is 0 Å². The lowest BCUT2D eigenvalue weighted by molar-refractivity contribution is 0.234. The molecule has 1 fully saturated rings. The van der Waals surface area contributed by atoms with Crippen molar-refractivity contribution in [2.75, 3.05) is 11.5 Å². The number of halogens is 1. The third kappa shape index (κ3) is 1.04. The van der Waals surface area contributed by atoms with Crippen LogP contribution in [0.15, 0.2) is 34.2 Å². The molecule has 1 spiro atoms. The molecular weight excluding hydrogens is 260 g/mol. The first-order chi connectivity index (χ1) is 6.71. The van der Waals surface area contributed by atoms with E-state index in [1.165, 1.54) is 11.3 Å². The third-order valence-corrected chi connectivity index (χ3v) is 4.69. The quantitative estimate of drug-likeness (QED) is 0.728. The molecule has 4 heteroatoms. The minimum Gasteiger partial charge on any atom is -0.365 e. The Morgan fingerprint density at radius 3 is 3.00 bits per heavy atom.